The highest BCUT2D eigenvalue weighted by Crippen LogP contribution is 2.34. The molecule has 34 heavy (non-hydrogen) atoms. The summed E-state index contributed by atoms with van der Waals surface area (Å²) in [4.78, 5) is 0. The average Bonchev–Trinajstić information content (AvgIpc) is 3.29. The molecule has 6 nitrogen and oxygen atoms in total. The number of aliphatic hydroxyl groups excluding tert-OH is 1. The van der Waals surface area contributed by atoms with Crippen LogP contribution in [0.25, 0.3) is 0 Å². The van der Waals surface area contributed by atoms with Gasteiger partial charge in [-0.3, -0.25) is 0 Å². The second-order valence-corrected chi connectivity index (χ2v) is 9.20. The van der Waals surface area contributed by atoms with Crippen LogP contribution in [0.5, 0.6) is 11.5 Å². The first-order valence-electron chi connectivity index (χ1n) is 11.1. The summed E-state index contributed by atoms with van der Waals surface area (Å²) in [5, 5.41) is 17.5. The van der Waals surface area contributed by atoms with Gasteiger partial charge in [0.25, 0.3) is 0 Å². The van der Waals surface area contributed by atoms with Crippen LogP contribution in [0.15, 0.2) is 48.7 Å². The first kappa shape index (κ1) is 25.9. The molecule has 0 bridgehead atoms. The van der Waals surface area contributed by atoms with Crippen LogP contribution in [-0.4, -0.2) is 45.3 Å². The summed E-state index contributed by atoms with van der Waals surface area (Å²) < 4.78 is 39.8. The van der Waals surface area contributed by atoms with Crippen LogP contribution < -0.4 is 9.47 Å². The number of aliphatic hydroxyl groups is 1. The molecular weight excluding hydrogens is 463 g/mol. The normalized spacial score (nSPS) is 13.5. The van der Waals surface area contributed by atoms with Crippen LogP contribution in [0.2, 0.25) is 0 Å². The van der Waals surface area contributed by atoms with Gasteiger partial charge in [-0.05, 0) is 35.4 Å². The van der Waals surface area contributed by atoms with E-state index in [4.69, 9.17) is 21.1 Å². The van der Waals surface area contributed by atoms with Crippen molar-refractivity contribution in [3.8, 4) is 11.5 Å². The molecule has 0 unspecified atom stereocenters. The van der Waals surface area contributed by atoms with Crippen LogP contribution in [0, 0.1) is 11.7 Å². The van der Waals surface area contributed by atoms with Gasteiger partial charge in [-0.15, -0.1) is 16.7 Å². The Morgan fingerprint density at radius 3 is 2.41 bits per heavy atom. The molecule has 3 rings (SSSR count). The Morgan fingerprint density at radius 2 is 1.79 bits per heavy atom. The third-order valence-electron chi connectivity index (χ3n) is 5.58. The van der Waals surface area contributed by atoms with E-state index in [9.17, 15) is 13.9 Å². The second-order valence-electron chi connectivity index (χ2n) is 8.90. The van der Waals surface area contributed by atoms with Crippen molar-refractivity contribution in [3.63, 3.8) is 0 Å². The largest absolute Gasteiger partial charge is 0.491 e. The van der Waals surface area contributed by atoms with E-state index in [0.717, 1.165) is 11.1 Å². The number of alkyl halides is 2. The first-order chi connectivity index (χ1) is 16.2. The summed E-state index contributed by atoms with van der Waals surface area (Å²) >= 11 is 5.78. The number of hydrogen-bond donors (Lipinski definition) is 1. The molecule has 0 saturated carbocycles. The van der Waals surface area contributed by atoms with Gasteiger partial charge in [0, 0.05) is 17.2 Å². The zero-order valence-corrected chi connectivity index (χ0v) is 20.3. The fourth-order valence-corrected chi connectivity index (χ4v) is 3.46. The molecular formula is C25H30ClF2N3O3. The Balaban J connectivity index is 1.59. The lowest BCUT2D eigenvalue weighted by molar-refractivity contribution is 0.0888. The minimum atomic E-state index is -0.832. The molecule has 2 aromatic carbocycles. The predicted octanol–water partition coefficient (Wildman–Crippen LogP) is 4.91. The third-order valence-corrected chi connectivity index (χ3v) is 6.11. The molecule has 1 heterocycles. The molecule has 184 valence electrons. The van der Waals surface area contributed by atoms with Crippen LogP contribution >= 0.6 is 11.6 Å². The number of benzene rings is 2. The van der Waals surface area contributed by atoms with E-state index in [1.165, 1.54) is 16.9 Å². The van der Waals surface area contributed by atoms with Gasteiger partial charge >= 0.3 is 0 Å². The van der Waals surface area contributed by atoms with Crippen LogP contribution in [0.1, 0.15) is 37.6 Å². The molecule has 1 aromatic heterocycles. The van der Waals surface area contributed by atoms with Gasteiger partial charge in [-0.1, -0.05) is 44.2 Å². The summed E-state index contributed by atoms with van der Waals surface area (Å²) in [5.74, 6) is 0.980. The summed E-state index contributed by atoms with van der Waals surface area (Å²) in [7, 11) is 0. The Morgan fingerprint density at radius 1 is 1.09 bits per heavy atom. The summed E-state index contributed by atoms with van der Waals surface area (Å²) in [6.45, 7) is 5.82. The molecule has 0 spiro atoms. The highest BCUT2D eigenvalue weighted by atomic mass is 35.5. The van der Waals surface area contributed by atoms with Gasteiger partial charge in [0.05, 0.1) is 19.3 Å². The summed E-state index contributed by atoms with van der Waals surface area (Å²) in [6.07, 6.45) is 0.614. The van der Waals surface area contributed by atoms with E-state index in [2.05, 4.69) is 10.3 Å². The SMILES string of the molecule is C[C@@H](CCl)COc1ccc(C(C)(C)c2ccc(OC[C@H](O)Cn3cc(C[18F])nn3)cc2)cc1F. The first-order valence-corrected chi connectivity index (χ1v) is 11.6. The van der Waals surface area contributed by atoms with Crippen molar-refractivity contribution >= 4 is 11.6 Å². The van der Waals surface area contributed by atoms with Gasteiger partial charge < -0.3 is 14.6 Å². The standard InChI is InChI=1S/C25H30ClF2N3O3/c1-17(11-26)15-34-24-9-6-19(10-23(24)28)25(2,3)18-4-7-22(8-5-18)33-16-21(32)14-31-13-20(12-27)29-30-31/h4-10,13,17,21,32H,11-12,14-16H2,1-3H3/t17-,21+/m0/s1/i27-1. The molecule has 0 amide bonds. The van der Waals surface area contributed by atoms with Crippen molar-refractivity contribution in [2.24, 2.45) is 5.92 Å². The molecule has 9 heteroatoms. The van der Waals surface area contributed by atoms with Gasteiger partial charge in [0.15, 0.2) is 11.6 Å². The Bertz CT molecular complexity index is 1060. The maximum Gasteiger partial charge on any atom is 0.165 e. The van der Waals surface area contributed by atoms with Crippen molar-refractivity contribution in [2.75, 3.05) is 19.1 Å². The van der Waals surface area contributed by atoms with E-state index in [-0.39, 0.29) is 30.5 Å². The maximum absolute atomic E-state index is 14.6. The number of nitrogens with zero attached hydrogens (tertiary/aromatic N) is 3. The molecule has 3 aromatic rings. The lowest BCUT2D eigenvalue weighted by Crippen LogP contribution is -2.24. The fourth-order valence-electron chi connectivity index (χ4n) is 3.37. The van der Waals surface area contributed by atoms with E-state index in [1.54, 1.807) is 6.07 Å². The predicted molar refractivity (Wildman–Crippen MR) is 127 cm³/mol. The summed E-state index contributed by atoms with van der Waals surface area (Å²) in [5.41, 5.74) is 1.55. The van der Waals surface area contributed by atoms with Crippen molar-refractivity contribution in [1.29, 1.82) is 0 Å². The lowest BCUT2D eigenvalue weighted by atomic mass is 9.78. The molecule has 2 atom stereocenters. The molecule has 0 aliphatic rings. The second kappa shape index (κ2) is 11.6. The smallest absolute Gasteiger partial charge is 0.165 e. The quantitative estimate of drug-likeness (QED) is 0.364. The van der Waals surface area contributed by atoms with Crippen molar-refractivity contribution in [2.45, 2.75) is 45.5 Å². The summed E-state index contributed by atoms with van der Waals surface area (Å²) in [6, 6.07) is 12.5. The Hall–Kier alpha value is -2.71. The van der Waals surface area contributed by atoms with Crippen LogP contribution in [0.4, 0.5) is 8.78 Å². The number of rotatable bonds is 12. The van der Waals surface area contributed by atoms with E-state index < -0.39 is 24.0 Å². The van der Waals surface area contributed by atoms with Gasteiger partial charge in [-0.2, -0.15) is 0 Å². The third kappa shape index (κ3) is 6.67. The molecule has 0 aliphatic heterocycles. The maximum atomic E-state index is 14.6. The molecule has 0 fully saturated rings. The van der Waals surface area contributed by atoms with Crippen molar-refractivity contribution < 1.29 is 23.4 Å². The minimum Gasteiger partial charge on any atom is -0.491 e. The minimum absolute atomic E-state index is 0.0442. The zero-order valence-electron chi connectivity index (χ0n) is 19.5. The molecule has 0 aliphatic carbocycles. The van der Waals surface area contributed by atoms with Gasteiger partial charge in [0.2, 0.25) is 0 Å². The topological polar surface area (TPSA) is 69.4 Å². The van der Waals surface area contributed by atoms with Crippen LogP contribution in [0.3, 0.4) is 0 Å². The zero-order chi connectivity index (χ0) is 24.7. The van der Waals surface area contributed by atoms with E-state index in [0.29, 0.717) is 18.2 Å². The number of halogens is 3. The Kier molecular flexibility index (Phi) is 8.85. The molecule has 0 saturated heterocycles. The lowest BCUT2D eigenvalue weighted by Gasteiger charge is -2.27. The molecule has 1 N–H and O–H groups in total. The monoisotopic (exact) mass is 492 g/mol. The highest BCUT2D eigenvalue weighted by molar-refractivity contribution is 6.18. The van der Waals surface area contributed by atoms with Crippen molar-refractivity contribution in [3.05, 3.63) is 71.3 Å². The van der Waals surface area contributed by atoms with E-state index >= 15 is 0 Å². The Labute approximate surface area is 203 Å². The van der Waals surface area contributed by atoms with Crippen molar-refractivity contribution in [1.82, 2.24) is 15.0 Å². The average molecular weight is 493 g/mol. The van der Waals surface area contributed by atoms with E-state index in [1.807, 2.05) is 51.1 Å². The van der Waals surface area contributed by atoms with Gasteiger partial charge in [0.1, 0.15) is 30.8 Å². The fraction of sp³-hybridized carbons (Fsp3) is 0.440. The highest BCUT2D eigenvalue weighted by Gasteiger charge is 2.24. The number of hydrogen-bond acceptors (Lipinski definition) is 5. The number of aromatic nitrogens is 3. The molecule has 0 radical (unpaired) electrons. The van der Waals surface area contributed by atoms with Gasteiger partial charge in [-0.25, -0.2) is 13.5 Å². The van der Waals surface area contributed by atoms with Crippen LogP contribution in [-0.2, 0) is 18.6 Å². The number of ether oxygens (including phenoxy) is 2.